The molecule has 1 N–H and O–H groups in total. The van der Waals surface area contributed by atoms with E-state index < -0.39 is 12.1 Å². The van der Waals surface area contributed by atoms with Gasteiger partial charge in [0.2, 0.25) is 5.76 Å². The molecule has 0 saturated heterocycles. The Morgan fingerprint density at radius 2 is 1.81 bits per heavy atom. The largest absolute Gasteiger partial charge is 0.497 e. The average molecular weight is 367 g/mol. The van der Waals surface area contributed by atoms with E-state index in [0.29, 0.717) is 17.7 Å². The fourth-order valence-electron chi connectivity index (χ4n) is 2.71. The SMILES string of the molecule is COc1ccc(CNC(=O)[C@@H](C)OC(=O)c2oc3ccccc3c2C)cc1. The number of hydrogen-bond donors (Lipinski definition) is 1. The summed E-state index contributed by atoms with van der Waals surface area (Å²) >= 11 is 0. The summed E-state index contributed by atoms with van der Waals surface area (Å²) in [7, 11) is 1.59. The van der Waals surface area contributed by atoms with Crippen molar-refractivity contribution in [1.29, 1.82) is 0 Å². The van der Waals surface area contributed by atoms with Crippen molar-refractivity contribution in [3.8, 4) is 5.75 Å². The number of carbonyl (C=O) groups is 2. The van der Waals surface area contributed by atoms with Gasteiger partial charge in [-0.1, -0.05) is 30.3 Å². The van der Waals surface area contributed by atoms with Crippen LogP contribution in [0.25, 0.3) is 11.0 Å². The fraction of sp³-hybridized carbons (Fsp3) is 0.238. The van der Waals surface area contributed by atoms with E-state index in [-0.39, 0.29) is 11.7 Å². The van der Waals surface area contributed by atoms with Crippen LogP contribution in [0.4, 0.5) is 0 Å². The van der Waals surface area contributed by atoms with Crippen LogP contribution in [-0.2, 0) is 16.1 Å². The van der Waals surface area contributed by atoms with Crippen molar-refractivity contribution in [3.05, 3.63) is 65.4 Å². The average Bonchev–Trinajstić information content (AvgIpc) is 3.03. The minimum absolute atomic E-state index is 0.117. The number of fused-ring (bicyclic) bond motifs is 1. The maximum absolute atomic E-state index is 12.4. The molecule has 1 aromatic heterocycles. The number of para-hydroxylation sites is 1. The molecule has 0 aliphatic carbocycles. The lowest BCUT2D eigenvalue weighted by Gasteiger charge is -2.13. The third-order valence-electron chi connectivity index (χ3n) is 4.31. The number of esters is 1. The van der Waals surface area contributed by atoms with Gasteiger partial charge in [-0.05, 0) is 37.6 Å². The van der Waals surface area contributed by atoms with Gasteiger partial charge in [-0.3, -0.25) is 4.79 Å². The highest BCUT2D eigenvalue weighted by atomic mass is 16.6. The number of carbonyl (C=O) groups excluding carboxylic acids is 2. The first kappa shape index (κ1) is 18.5. The van der Waals surface area contributed by atoms with E-state index in [0.717, 1.165) is 16.7 Å². The van der Waals surface area contributed by atoms with Crippen molar-refractivity contribution in [1.82, 2.24) is 5.32 Å². The number of benzene rings is 2. The van der Waals surface area contributed by atoms with Crippen molar-refractivity contribution in [2.75, 3.05) is 7.11 Å². The highest BCUT2D eigenvalue weighted by Crippen LogP contribution is 2.25. The van der Waals surface area contributed by atoms with Crippen molar-refractivity contribution in [2.24, 2.45) is 0 Å². The molecule has 140 valence electrons. The summed E-state index contributed by atoms with van der Waals surface area (Å²) in [5.41, 5.74) is 2.22. The molecule has 6 heteroatoms. The Kier molecular flexibility index (Phi) is 5.45. The molecule has 1 atom stereocenters. The number of methoxy groups -OCH3 is 1. The zero-order valence-corrected chi connectivity index (χ0v) is 15.4. The molecule has 27 heavy (non-hydrogen) atoms. The second kappa shape index (κ2) is 7.95. The van der Waals surface area contributed by atoms with Gasteiger partial charge >= 0.3 is 5.97 Å². The van der Waals surface area contributed by atoms with Gasteiger partial charge in [-0.25, -0.2) is 4.79 Å². The van der Waals surface area contributed by atoms with E-state index in [1.165, 1.54) is 6.92 Å². The third-order valence-corrected chi connectivity index (χ3v) is 4.31. The minimum atomic E-state index is -0.941. The van der Waals surface area contributed by atoms with E-state index >= 15 is 0 Å². The van der Waals surface area contributed by atoms with Crippen molar-refractivity contribution in [2.45, 2.75) is 26.5 Å². The van der Waals surface area contributed by atoms with Crippen LogP contribution in [0, 0.1) is 6.92 Å². The summed E-state index contributed by atoms with van der Waals surface area (Å²) < 4.78 is 15.9. The highest BCUT2D eigenvalue weighted by molar-refractivity contribution is 5.97. The van der Waals surface area contributed by atoms with Gasteiger partial charge in [-0.2, -0.15) is 0 Å². The van der Waals surface area contributed by atoms with Crippen LogP contribution in [-0.4, -0.2) is 25.1 Å². The van der Waals surface area contributed by atoms with E-state index in [2.05, 4.69) is 5.32 Å². The zero-order chi connectivity index (χ0) is 19.4. The van der Waals surface area contributed by atoms with Gasteiger partial charge in [0.05, 0.1) is 7.11 Å². The zero-order valence-electron chi connectivity index (χ0n) is 15.4. The number of furan rings is 1. The van der Waals surface area contributed by atoms with Gasteiger partial charge in [0.1, 0.15) is 11.3 Å². The Morgan fingerprint density at radius 1 is 1.11 bits per heavy atom. The van der Waals surface area contributed by atoms with Crippen LogP contribution in [0.5, 0.6) is 5.75 Å². The summed E-state index contributed by atoms with van der Waals surface area (Å²) in [6.07, 6.45) is -0.941. The van der Waals surface area contributed by atoms with Gasteiger partial charge in [0.25, 0.3) is 5.91 Å². The van der Waals surface area contributed by atoms with E-state index in [1.807, 2.05) is 42.5 Å². The maximum Gasteiger partial charge on any atom is 0.375 e. The van der Waals surface area contributed by atoms with Crippen molar-refractivity contribution in [3.63, 3.8) is 0 Å². The van der Waals surface area contributed by atoms with Crippen LogP contribution in [0.3, 0.4) is 0 Å². The van der Waals surface area contributed by atoms with Crippen LogP contribution in [0.1, 0.15) is 28.6 Å². The summed E-state index contributed by atoms with van der Waals surface area (Å²) in [6.45, 7) is 3.64. The number of aryl methyl sites for hydroxylation is 1. The lowest BCUT2D eigenvalue weighted by Crippen LogP contribution is -2.35. The molecule has 0 radical (unpaired) electrons. The molecule has 3 aromatic rings. The second-order valence-corrected chi connectivity index (χ2v) is 6.17. The first-order valence-electron chi connectivity index (χ1n) is 8.59. The van der Waals surface area contributed by atoms with E-state index in [4.69, 9.17) is 13.9 Å². The quantitative estimate of drug-likeness (QED) is 0.674. The summed E-state index contributed by atoms with van der Waals surface area (Å²) in [5.74, 6) is -0.177. The molecule has 0 fully saturated rings. The van der Waals surface area contributed by atoms with Gasteiger partial charge in [0, 0.05) is 17.5 Å². The summed E-state index contributed by atoms with van der Waals surface area (Å²) in [4.78, 5) is 24.6. The molecule has 0 spiro atoms. The Morgan fingerprint density at radius 3 is 2.48 bits per heavy atom. The molecular formula is C21H21NO5. The van der Waals surface area contributed by atoms with Crippen LogP contribution < -0.4 is 10.1 Å². The molecule has 1 amide bonds. The van der Waals surface area contributed by atoms with Gasteiger partial charge < -0.3 is 19.2 Å². The third kappa shape index (κ3) is 4.11. The maximum atomic E-state index is 12.4. The molecule has 0 bridgehead atoms. The lowest BCUT2D eigenvalue weighted by molar-refractivity contribution is -0.129. The number of rotatable bonds is 6. The second-order valence-electron chi connectivity index (χ2n) is 6.17. The van der Waals surface area contributed by atoms with Crippen molar-refractivity contribution >= 4 is 22.8 Å². The molecule has 6 nitrogen and oxygen atoms in total. The Balaban J connectivity index is 1.59. The fourth-order valence-corrected chi connectivity index (χ4v) is 2.71. The predicted octanol–water partition coefficient (Wildman–Crippen LogP) is 3.61. The molecular weight excluding hydrogens is 346 g/mol. The standard InChI is InChI=1S/C21H21NO5/c1-13-17-6-4-5-7-18(17)27-19(13)21(24)26-14(2)20(23)22-12-15-8-10-16(25-3)11-9-15/h4-11,14H,12H2,1-3H3,(H,22,23)/t14-/m1/s1. The minimum Gasteiger partial charge on any atom is -0.497 e. The summed E-state index contributed by atoms with van der Waals surface area (Å²) in [5, 5.41) is 3.59. The van der Waals surface area contributed by atoms with Crippen LogP contribution in [0.2, 0.25) is 0 Å². The number of amides is 1. The van der Waals surface area contributed by atoms with Gasteiger partial charge in [-0.15, -0.1) is 0 Å². The van der Waals surface area contributed by atoms with E-state index in [9.17, 15) is 9.59 Å². The molecule has 0 aliphatic rings. The van der Waals surface area contributed by atoms with Crippen molar-refractivity contribution < 1.29 is 23.5 Å². The van der Waals surface area contributed by atoms with Crippen LogP contribution >= 0.6 is 0 Å². The Labute approximate surface area is 157 Å². The van der Waals surface area contributed by atoms with Gasteiger partial charge in [0.15, 0.2) is 6.10 Å². The van der Waals surface area contributed by atoms with Crippen LogP contribution in [0.15, 0.2) is 52.9 Å². The molecule has 0 aliphatic heterocycles. The monoisotopic (exact) mass is 367 g/mol. The Hall–Kier alpha value is -3.28. The number of hydrogen-bond acceptors (Lipinski definition) is 5. The molecule has 0 unspecified atom stereocenters. The first-order chi connectivity index (χ1) is 13.0. The highest BCUT2D eigenvalue weighted by Gasteiger charge is 2.23. The number of ether oxygens (including phenoxy) is 2. The predicted molar refractivity (Wildman–Crippen MR) is 101 cm³/mol. The first-order valence-corrected chi connectivity index (χ1v) is 8.59. The van der Waals surface area contributed by atoms with E-state index in [1.54, 1.807) is 20.1 Å². The topological polar surface area (TPSA) is 77.8 Å². The smallest absolute Gasteiger partial charge is 0.375 e. The normalized spacial score (nSPS) is 11.8. The lowest BCUT2D eigenvalue weighted by atomic mass is 10.1. The molecule has 3 rings (SSSR count). The Bertz CT molecular complexity index is 958. The molecule has 1 heterocycles. The number of nitrogens with one attached hydrogen (secondary N) is 1. The summed E-state index contributed by atoms with van der Waals surface area (Å²) in [6, 6.07) is 14.7. The molecule has 0 saturated carbocycles. The molecule has 2 aromatic carbocycles.